The summed E-state index contributed by atoms with van der Waals surface area (Å²) < 4.78 is 5.51. The fourth-order valence-electron chi connectivity index (χ4n) is 1.21. The van der Waals surface area contributed by atoms with Gasteiger partial charge in [-0.3, -0.25) is 0 Å². The first-order chi connectivity index (χ1) is 6.72. The molecular weight excluding hydrogens is 172 g/mol. The second-order valence-corrected chi connectivity index (χ2v) is 3.29. The molecule has 0 aliphatic carbocycles. The normalized spacial score (nSPS) is 11.1. The van der Waals surface area contributed by atoms with Gasteiger partial charge in [-0.2, -0.15) is 0 Å². The van der Waals surface area contributed by atoms with Gasteiger partial charge in [-0.25, -0.2) is 0 Å². The minimum Gasteiger partial charge on any atom is -0.494 e. The second kappa shape index (κ2) is 5.28. The van der Waals surface area contributed by atoms with Crippen LogP contribution in [0.4, 0.5) is 0 Å². The summed E-state index contributed by atoms with van der Waals surface area (Å²) in [5, 5.41) is 0. The number of allylic oxidation sites excluding steroid dienone is 3. The molecule has 0 N–H and O–H groups in total. The van der Waals surface area contributed by atoms with Gasteiger partial charge in [0.1, 0.15) is 6.61 Å². The maximum Gasteiger partial charge on any atom is 0.113 e. The monoisotopic (exact) mass is 188 g/mol. The van der Waals surface area contributed by atoms with Crippen molar-refractivity contribution in [3.8, 4) is 0 Å². The minimum absolute atomic E-state index is 0.623. The molecule has 0 aliphatic heterocycles. The number of benzene rings is 1. The first-order valence-corrected chi connectivity index (χ1v) is 4.70. The summed E-state index contributed by atoms with van der Waals surface area (Å²) in [6.07, 6.45) is 3.58. The molecule has 0 saturated heterocycles. The Morgan fingerprint density at radius 2 is 2.29 bits per heavy atom. The molecule has 1 nitrogen and oxygen atoms in total. The topological polar surface area (TPSA) is 9.23 Å². The Kier molecular flexibility index (Phi) is 3.99. The maximum atomic E-state index is 5.51. The molecule has 0 fully saturated rings. The molecular formula is C13H16O. The number of hydrogen-bond acceptors (Lipinski definition) is 1. The summed E-state index contributed by atoms with van der Waals surface area (Å²) in [4.78, 5) is 0. The molecule has 1 aromatic carbocycles. The van der Waals surface area contributed by atoms with Crippen molar-refractivity contribution in [1.82, 2.24) is 0 Å². The number of hydrogen-bond donors (Lipinski definition) is 0. The van der Waals surface area contributed by atoms with E-state index in [0.717, 1.165) is 5.76 Å². The van der Waals surface area contributed by atoms with E-state index in [-0.39, 0.29) is 0 Å². The fraction of sp³-hybridized carbons (Fsp3) is 0.231. The van der Waals surface area contributed by atoms with E-state index in [0.29, 0.717) is 6.61 Å². The van der Waals surface area contributed by atoms with Gasteiger partial charge in [0.05, 0.1) is 5.76 Å². The molecule has 1 rings (SSSR count). The van der Waals surface area contributed by atoms with Gasteiger partial charge in [-0.15, -0.1) is 0 Å². The Morgan fingerprint density at radius 3 is 2.93 bits per heavy atom. The molecule has 74 valence electrons. The molecule has 0 radical (unpaired) electrons. The molecule has 0 unspecified atom stereocenters. The van der Waals surface area contributed by atoms with E-state index in [4.69, 9.17) is 4.74 Å². The van der Waals surface area contributed by atoms with Gasteiger partial charge in [0, 0.05) is 0 Å². The molecule has 0 amide bonds. The van der Waals surface area contributed by atoms with Gasteiger partial charge >= 0.3 is 0 Å². The molecule has 0 atom stereocenters. The van der Waals surface area contributed by atoms with Crippen molar-refractivity contribution in [2.75, 3.05) is 0 Å². The Hall–Kier alpha value is -1.50. The zero-order valence-corrected chi connectivity index (χ0v) is 8.79. The van der Waals surface area contributed by atoms with E-state index in [1.165, 1.54) is 11.1 Å². The second-order valence-electron chi connectivity index (χ2n) is 3.29. The van der Waals surface area contributed by atoms with Crippen LogP contribution in [0.15, 0.2) is 48.8 Å². The zero-order chi connectivity index (χ0) is 10.4. The Bertz CT molecular complexity index is 337. The van der Waals surface area contributed by atoms with Crippen LogP contribution in [0.5, 0.6) is 0 Å². The van der Waals surface area contributed by atoms with Crippen molar-refractivity contribution in [2.45, 2.75) is 20.5 Å². The average molecular weight is 188 g/mol. The average Bonchev–Trinajstić information content (AvgIpc) is 2.15. The third kappa shape index (κ3) is 3.48. The Balaban J connectivity index is 2.53. The summed E-state index contributed by atoms with van der Waals surface area (Å²) in [7, 11) is 0. The van der Waals surface area contributed by atoms with Crippen molar-refractivity contribution in [1.29, 1.82) is 0 Å². The smallest absolute Gasteiger partial charge is 0.113 e. The van der Waals surface area contributed by atoms with Crippen LogP contribution in [0.25, 0.3) is 0 Å². The van der Waals surface area contributed by atoms with E-state index in [1.807, 2.05) is 19.1 Å². The molecule has 0 heterocycles. The molecule has 0 spiro atoms. The summed E-state index contributed by atoms with van der Waals surface area (Å²) in [5.41, 5.74) is 2.46. The van der Waals surface area contributed by atoms with E-state index < -0.39 is 0 Å². The van der Waals surface area contributed by atoms with Crippen molar-refractivity contribution in [2.24, 2.45) is 0 Å². The first-order valence-electron chi connectivity index (χ1n) is 4.70. The summed E-state index contributed by atoms with van der Waals surface area (Å²) in [6, 6.07) is 8.31. The standard InChI is InChI=1S/C13H16O/c1-4-6-12(3)14-10-13-8-5-7-11(2)9-13/h4-9H,1,10H2,2-3H3/b12-6+. The molecule has 14 heavy (non-hydrogen) atoms. The molecule has 0 aliphatic rings. The zero-order valence-electron chi connectivity index (χ0n) is 8.79. The SMILES string of the molecule is C=C/C=C(\C)OCc1cccc(C)c1. The molecule has 1 heteroatoms. The van der Waals surface area contributed by atoms with E-state index >= 15 is 0 Å². The molecule has 0 saturated carbocycles. The van der Waals surface area contributed by atoms with Crippen molar-refractivity contribution < 1.29 is 4.74 Å². The fourth-order valence-corrected chi connectivity index (χ4v) is 1.21. The van der Waals surface area contributed by atoms with Crippen molar-refractivity contribution >= 4 is 0 Å². The van der Waals surface area contributed by atoms with Crippen LogP contribution in [0.3, 0.4) is 0 Å². The largest absolute Gasteiger partial charge is 0.494 e. The Morgan fingerprint density at radius 1 is 1.50 bits per heavy atom. The lowest BCUT2D eigenvalue weighted by Crippen LogP contribution is -1.90. The summed E-state index contributed by atoms with van der Waals surface area (Å²) >= 11 is 0. The van der Waals surface area contributed by atoms with Crippen LogP contribution >= 0.6 is 0 Å². The van der Waals surface area contributed by atoms with Gasteiger partial charge in [0.25, 0.3) is 0 Å². The lowest BCUT2D eigenvalue weighted by atomic mass is 10.1. The minimum atomic E-state index is 0.623. The van der Waals surface area contributed by atoms with Crippen LogP contribution in [-0.2, 0) is 11.3 Å². The maximum absolute atomic E-state index is 5.51. The number of ether oxygens (including phenoxy) is 1. The predicted octanol–water partition coefficient (Wildman–Crippen LogP) is 3.60. The lowest BCUT2D eigenvalue weighted by Gasteiger charge is -2.06. The van der Waals surface area contributed by atoms with E-state index in [9.17, 15) is 0 Å². The van der Waals surface area contributed by atoms with Gasteiger partial charge in [-0.1, -0.05) is 42.5 Å². The number of rotatable bonds is 4. The third-order valence-corrected chi connectivity index (χ3v) is 1.90. The Labute approximate surface area is 85.7 Å². The van der Waals surface area contributed by atoms with Gasteiger partial charge in [0.2, 0.25) is 0 Å². The molecule has 1 aromatic rings. The number of aryl methyl sites for hydroxylation is 1. The predicted molar refractivity (Wildman–Crippen MR) is 59.9 cm³/mol. The molecule has 0 aromatic heterocycles. The van der Waals surface area contributed by atoms with Gasteiger partial charge < -0.3 is 4.74 Å². The van der Waals surface area contributed by atoms with E-state index in [2.05, 4.69) is 31.7 Å². The van der Waals surface area contributed by atoms with E-state index in [1.54, 1.807) is 6.08 Å². The van der Waals surface area contributed by atoms with Crippen LogP contribution < -0.4 is 0 Å². The summed E-state index contributed by atoms with van der Waals surface area (Å²) in [5.74, 6) is 0.890. The van der Waals surface area contributed by atoms with Crippen LogP contribution in [0.1, 0.15) is 18.1 Å². The van der Waals surface area contributed by atoms with Crippen LogP contribution in [0.2, 0.25) is 0 Å². The third-order valence-electron chi connectivity index (χ3n) is 1.90. The lowest BCUT2D eigenvalue weighted by molar-refractivity contribution is 0.201. The van der Waals surface area contributed by atoms with Crippen LogP contribution in [-0.4, -0.2) is 0 Å². The highest BCUT2D eigenvalue weighted by Crippen LogP contribution is 2.07. The van der Waals surface area contributed by atoms with Gasteiger partial charge in [-0.05, 0) is 25.5 Å². The molecule has 0 bridgehead atoms. The van der Waals surface area contributed by atoms with Crippen molar-refractivity contribution in [3.63, 3.8) is 0 Å². The highest BCUT2D eigenvalue weighted by atomic mass is 16.5. The highest BCUT2D eigenvalue weighted by molar-refractivity contribution is 5.21. The van der Waals surface area contributed by atoms with Crippen molar-refractivity contribution in [3.05, 3.63) is 59.9 Å². The quantitative estimate of drug-likeness (QED) is 0.518. The highest BCUT2D eigenvalue weighted by Gasteiger charge is 1.93. The van der Waals surface area contributed by atoms with Crippen LogP contribution in [0, 0.1) is 6.92 Å². The summed E-state index contributed by atoms with van der Waals surface area (Å²) in [6.45, 7) is 8.24. The van der Waals surface area contributed by atoms with Gasteiger partial charge in [0.15, 0.2) is 0 Å². The first kappa shape index (κ1) is 10.6.